The Labute approximate surface area is 714 Å². The monoisotopic (exact) mass is 1700 g/mol. The van der Waals surface area contributed by atoms with Crippen molar-refractivity contribution >= 4 is 142 Å². The Morgan fingerprint density at radius 2 is 0.431 bits per heavy atom. The summed E-state index contributed by atoms with van der Waals surface area (Å²) in [5, 5.41) is 0. The molecular formula is C95H106FeOS12+2. The first kappa shape index (κ1) is 85.0. The van der Waals surface area contributed by atoms with Gasteiger partial charge in [-0.2, -0.15) is 0 Å². The molecule has 2 fully saturated rings. The fraction of sp³-hybridized carbons (Fsp3) is 0.379. The predicted octanol–water partition coefficient (Wildman–Crippen LogP) is 35.1. The van der Waals surface area contributed by atoms with E-state index in [4.69, 9.17) is 0 Å². The first-order valence-corrected chi connectivity index (χ1v) is 50.3. The molecule has 0 bridgehead atoms. The van der Waals surface area contributed by atoms with Crippen LogP contribution in [-0.2, 0) is 55.6 Å². The number of hydrogen-bond acceptors (Lipinski definition) is 13. The van der Waals surface area contributed by atoms with Gasteiger partial charge < -0.3 is 0 Å². The van der Waals surface area contributed by atoms with Crippen molar-refractivity contribution < 1.29 is 21.9 Å². The van der Waals surface area contributed by atoms with Crippen LogP contribution in [0.5, 0.6) is 0 Å². The van der Waals surface area contributed by atoms with Gasteiger partial charge in [0.1, 0.15) is 0 Å². The average molecular weight is 1700 g/mol. The van der Waals surface area contributed by atoms with E-state index in [1.807, 2.05) is 145 Å². The van der Waals surface area contributed by atoms with Gasteiger partial charge >= 0.3 is 17.1 Å². The summed E-state index contributed by atoms with van der Waals surface area (Å²) in [6, 6.07) is 43.8. The van der Waals surface area contributed by atoms with Crippen LogP contribution in [0.1, 0.15) is 244 Å². The third-order valence-electron chi connectivity index (χ3n) is 20.5. The van der Waals surface area contributed by atoms with E-state index < -0.39 is 0 Å². The summed E-state index contributed by atoms with van der Waals surface area (Å²) < 4.78 is 0. The minimum atomic E-state index is 0. The van der Waals surface area contributed by atoms with Gasteiger partial charge in [0.2, 0.25) is 0 Å². The molecule has 0 amide bonds. The van der Waals surface area contributed by atoms with E-state index in [0.29, 0.717) is 0 Å². The van der Waals surface area contributed by atoms with Crippen LogP contribution < -0.4 is 0 Å². The maximum Gasteiger partial charge on any atom is 2.00 e. The molecule has 0 N–H and O–H groups in total. The standard InChI is InChI=1S/C90H101OS12.C5H5.Fe/c1-7-13-19-25-35-61-53-67(59-91)92-85(61)74-47-41-68(93-74)69-43-49-76(95-69)87-63(37-27-21-15-9-3)55-81(100-87)82-57-65(39-29-23-17-11-5)89(102-82)78-51-45-72(97-78)73-46-52-79(98-73)90-66(40-30-24-18-12-6)58-84(103-90)83-56-64(38-28-22-16-10-4)88(101-83)77-50-44-71(96-77)70-42-48-75(94-70)86-62(36-26-20-14-8-2)54-80(99-86)60-33-31-32-34-60;1-2-4-5-3-1;/h31-34,41-59H,7-30,35-40H2,1-6H3;1-5H;/q;;+2. The summed E-state index contributed by atoms with van der Waals surface area (Å²) in [5.41, 5.74) is 8.95. The molecule has 14 heteroatoms. The normalized spacial score (nSPS) is 13.2. The second-order valence-electron chi connectivity index (χ2n) is 28.9. The van der Waals surface area contributed by atoms with Gasteiger partial charge in [-0.25, -0.2) is 0 Å². The molecular weight excluding hydrogens is 1600 g/mol. The van der Waals surface area contributed by atoms with Crippen LogP contribution in [0, 0.1) is 63.7 Å². The summed E-state index contributed by atoms with van der Waals surface area (Å²) in [4.78, 5) is 45.1. The SMILES string of the molecule is CCCCCCc1cc(C=O)sc1-c1ccc(-c2ccc(-c3sc(-c4cc(CCCCCC)c(-c5ccc(-c6ccc(-c7sc(-c8cc(CCCCCC)c(-c9ccc(-c%10ccc(-c%11sc([C]%12[CH][CH][CH][CH]%12)cc%11CCCCCC)s%10)s9)s8)cc7CCCCCC)s6)s5)s4)cc3CCCCCC)s2)s1.[CH]1[CH][CH][CH][CH]1.[Fe+2]. The molecule has 10 radical (unpaired) electrons. The van der Waals surface area contributed by atoms with Gasteiger partial charge in [-0.1, -0.05) is 157 Å². The van der Waals surface area contributed by atoms with Crippen LogP contribution in [0.25, 0.3) is 107 Å². The third kappa shape index (κ3) is 22.6. The van der Waals surface area contributed by atoms with Gasteiger partial charge in [-0.15, -0.1) is 136 Å². The first-order valence-electron chi connectivity index (χ1n) is 40.5. The van der Waals surface area contributed by atoms with Crippen molar-refractivity contribution in [2.24, 2.45) is 0 Å². The third-order valence-corrected chi connectivity index (χ3v) is 36.1. The number of thiophene rings is 12. The second-order valence-corrected chi connectivity index (χ2v) is 41.8. The molecule has 570 valence electrons. The summed E-state index contributed by atoms with van der Waals surface area (Å²) >= 11 is 23.7. The first-order chi connectivity index (χ1) is 53.2. The van der Waals surface area contributed by atoms with Crippen molar-refractivity contribution in [2.75, 3.05) is 0 Å². The number of unbranched alkanes of at least 4 members (excludes halogenated alkanes) is 18. The van der Waals surface area contributed by atoms with Crippen LogP contribution >= 0.6 is 136 Å². The van der Waals surface area contributed by atoms with Crippen molar-refractivity contribution in [1.82, 2.24) is 0 Å². The average Bonchev–Trinajstić information content (AvgIpc) is 1.63. The van der Waals surface area contributed by atoms with Gasteiger partial charge in [-0.3, -0.25) is 4.79 Å². The quantitative estimate of drug-likeness (QED) is 0.0211. The number of aldehydes is 1. The van der Waals surface area contributed by atoms with E-state index in [1.54, 1.807) is 11.3 Å². The molecule has 109 heavy (non-hydrogen) atoms. The topological polar surface area (TPSA) is 17.1 Å². The summed E-state index contributed by atoms with van der Waals surface area (Å²) in [7, 11) is 0. The molecule has 2 saturated carbocycles. The molecule has 0 spiro atoms. The molecule has 12 aromatic rings. The summed E-state index contributed by atoms with van der Waals surface area (Å²) in [6.45, 7) is 13.9. The maximum absolute atomic E-state index is 12.0. The number of carbonyl (C=O) groups is 1. The fourth-order valence-corrected chi connectivity index (χ4v) is 28.9. The number of carbonyl (C=O) groups excluding carboxylic acids is 1. The van der Waals surface area contributed by atoms with E-state index in [-0.39, 0.29) is 17.1 Å². The van der Waals surface area contributed by atoms with Gasteiger partial charge in [-0.05, 0) is 277 Å². The minimum Gasteiger partial charge on any atom is -0.297 e. The molecule has 12 heterocycles. The van der Waals surface area contributed by atoms with Crippen LogP contribution in [0.4, 0.5) is 0 Å². The molecule has 0 aliphatic heterocycles. The van der Waals surface area contributed by atoms with E-state index in [0.717, 1.165) is 49.7 Å². The molecule has 2 aliphatic rings. The fourth-order valence-electron chi connectivity index (χ4n) is 14.5. The zero-order valence-electron chi connectivity index (χ0n) is 64.5. The Kier molecular flexibility index (Phi) is 34.4. The van der Waals surface area contributed by atoms with Crippen LogP contribution in [0.3, 0.4) is 0 Å². The van der Waals surface area contributed by atoms with Crippen LogP contribution in [0.15, 0.2) is 109 Å². The number of aryl methyl sites for hydroxylation is 6. The van der Waals surface area contributed by atoms with Gasteiger partial charge in [0, 0.05) is 118 Å². The van der Waals surface area contributed by atoms with Crippen molar-refractivity contribution in [2.45, 2.75) is 234 Å². The maximum atomic E-state index is 12.0. The van der Waals surface area contributed by atoms with Gasteiger partial charge in [0.15, 0.2) is 6.29 Å². The van der Waals surface area contributed by atoms with Crippen LogP contribution in [0.2, 0.25) is 0 Å². The Balaban J connectivity index is 0.00000177. The van der Waals surface area contributed by atoms with Crippen LogP contribution in [-0.4, -0.2) is 6.29 Å². The van der Waals surface area contributed by atoms with Crippen molar-refractivity contribution in [3.05, 3.63) is 216 Å². The molecule has 2 aliphatic carbocycles. The Hall–Kier alpha value is -3.41. The van der Waals surface area contributed by atoms with Crippen molar-refractivity contribution in [1.29, 1.82) is 0 Å². The molecule has 0 aromatic carbocycles. The minimum absolute atomic E-state index is 0. The summed E-state index contributed by atoms with van der Waals surface area (Å²) in [5.74, 6) is 1.35. The molecule has 12 aromatic heterocycles. The predicted molar refractivity (Wildman–Crippen MR) is 494 cm³/mol. The second kappa shape index (κ2) is 44.1. The van der Waals surface area contributed by atoms with E-state index in [1.165, 1.54) is 306 Å². The van der Waals surface area contributed by atoms with Gasteiger partial charge in [0.25, 0.3) is 0 Å². The number of hydrogen-bond donors (Lipinski definition) is 0. The zero-order valence-corrected chi connectivity index (χ0v) is 75.4. The molecule has 1 nitrogen and oxygen atoms in total. The molecule has 0 atom stereocenters. The van der Waals surface area contributed by atoms with E-state index >= 15 is 0 Å². The van der Waals surface area contributed by atoms with E-state index in [9.17, 15) is 4.79 Å². The molecule has 14 rings (SSSR count). The number of rotatable bonds is 43. The van der Waals surface area contributed by atoms with Crippen molar-refractivity contribution in [3.63, 3.8) is 0 Å². The molecule has 0 unspecified atom stereocenters. The smallest absolute Gasteiger partial charge is 0.297 e. The Morgan fingerprint density at radius 3 is 0.670 bits per heavy atom. The Bertz CT molecular complexity index is 4660. The molecule has 0 saturated heterocycles. The largest absolute Gasteiger partial charge is 2.00 e. The summed E-state index contributed by atoms with van der Waals surface area (Å²) in [6.07, 6.45) is 56.9. The van der Waals surface area contributed by atoms with Crippen molar-refractivity contribution in [3.8, 4) is 107 Å². The Morgan fingerprint density at radius 1 is 0.220 bits per heavy atom. The van der Waals surface area contributed by atoms with Gasteiger partial charge in [0.05, 0.1) is 4.88 Å². The zero-order chi connectivity index (χ0) is 74.4. The van der Waals surface area contributed by atoms with E-state index in [2.05, 4.69) is 188 Å².